The predicted octanol–water partition coefficient (Wildman–Crippen LogP) is 10.9. The van der Waals surface area contributed by atoms with E-state index in [-0.39, 0.29) is 33.1 Å². The molecule has 51 heavy (non-hydrogen) atoms. The van der Waals surface area contributed by atoms with Gasteiger partial charge in [0.25, 0.3) is 0 Å². The second kappa shape index (κ2) is 15.0. The van der Waals surface area contributed by atoms with E-state index in [1.165, 1.54) is 50.6 Å². The van der Waals surface area contributed by atoms with Crippen LogP contribution in [-0.4, -0.2) is 11.4 Å². The fourth-order valence-electron chi connectivity index (χ4n) is 6.84. The van der Waals surface area contributed by atoms with E-state index in [9.17, 15) is 10.2 Å². The fraction of sp³-hybridized carbons (Fsp3) is 0.304. The van der Waals surface area contributed by atoms with Crippen LogP contribution in [0.2, 0.25) is 0 Å². The third-order valence-corrected chi connectivity index (χ3v) is 9.33. The molecule has 0 saturated carbocycles. The number of nitrogens with zero attached hydrogens (tertiary/aromatic N) is 2. The first-order valence-electron chi connectivity index (χ1n) is 17.4. The molecule has 6 rings (SSSR count). The molecule has 0 unspecified atom stereocenters. The Labute approximate surface area is 315 Å². The molecular weight excluding hydrogens is 671 g/mol. The van der Waals surface area contributed by atoms with Gasteiger partial charge in [0.2, 0.25) is 0 Å². The van der Waals surface area contributed by atoms with E-state index in [1.54, 1.807) is 0 Å². The molecule has 0 saturated heterocycles. The van der Waals surface area contributed by atoms with Gasteiger partial charge in [-0.3, -0.25) is 0 Å². The van der Waals surface area contributed by atoms with Crippen molar-refractivity contribution in [3.63, 3.8) is 0 Å². The van der Waals surface area contributed by atoms with Crippen molar-refractivity contribution in [3.8, 4) is 22.6 Å². The van der Waals surface area contributed by atoms with Crippen LogP contribution in [0.1, 0.15) is 97.2 Å². The molecule has 0 fully saturated rings. The van der Waals surface area contributed by atoms with Gasteiger partial charge in [-0.1, -0.05) is 143 Å². The maximum absolute atomic E-state index is 11.8. The number of benzene rings is 5. The zero-order valence-corrected chi connectivity index (χ0v) is 33.1. The first kappa shape index (κ1) is 39.3. The van der Waals surface area contributed by atoms with E-state index < -0.39 is 5.75 Å². The van der Waals surface area contributed by atoms with Crippen LogP contribution >= 0.6 is 0 Å². The van der Waals surface area contributed by atoms with Crippen molar-refractivity contribution in [1.29, 1.82) is 0 Å². The normalized spacial score (nSPS) is 14.0. The second-order valence-electron chi connectivity index (χ2n) is 15.9. The van der Waals surface area contributed by atoms with Gasteiger partial charge in [0, 0.05) is 11.1 Å². The Kier molecular flexibility index (Phi) is 11.6. The molecule has 0 aromatic heterocycles. The minimum atomic E-state index is -0.391. The van der Waals surface area contributed by atoms with Crippen molar-refractivity contribution < 1.29 is 26.7 Å². The summed E-state index contributed by atoms with van der Waals surface area (Å²) in [6.45, 7) is 24.8. The minimum Gasteiger partial charge on any atom is -0.873 e. The molecule has 1 aliphatic carbocycles. The average Bonchev–Trinajstić information content (AvgIpc) is 3.01. The second-order valence-corrected chi connectivity index (χ2v) is 15.9. The van der Waals surface area contributed by atoms with Gasteiger partial charge in [0.05, 0.1) is 22.8 Å². The average molecular weight is 722 g/mol. The molecule has 0 aliphatic heterocycles. The number of rotatable bonds is 2. The Morgan fingerprint density at radius 2 is 0.824 bits per heavy atom. The van der Waals surface area contributed by atoms with Crippen molar-refractivity contribution >= 4 is 22.8 Å². The number of hydrogen-bond acceptors (Lipinski definition) is 4. The van der Waals surface area contributed by atoms with Gasteiger partial charge in [-0.25, -0.2) is 9.98 Å². The summed E-state index contributed by atoms with van der Waals surface area (Å²) >= 11 is 0. The first-order valence-corrected chi connectivity index (χ1v) is 17.4. The summed E-state index contributed by atoms with van der Waals surface area (Å²) in [7, 11) is 0. The van der Waals surface area contributed by atoms with Crippen LogP contribution in [-0.2, 0) is 27.3 Å². The topological polar surface area (TPSA) is 70.8 Å². The third-order valence-electron chi connectivity index (χ3n) is 9.33. The Hall–Kier alpha value is -4.47. The van der Waals surface area contributed by atoms with E-state index >= 15 is 0 Å². The van der Waals surface area contributed by atoms with E-state index in [0.717, 1.165) is 39.5 Å². The van der Waals surface area contributed by atoms with E-state index in [4.69, 9.17) is 9.98 Å². The summed E-state index contributed by atoms with van der Waals surface area (Å²) in [6.07, 6.45) is 0. The van der Waals surface area contributed by atoms with Crippen LogP contribution in [0.5, 0.6) is 11.5 Å². The van der Waals surface area contributed by atoms with Crippen LogP contribution in [0.15, 0.2) is 94.9 Å². The Bertz CT molecular complexity index is 2000. The zero-order valence-electron chi connectivity index (χ0n) is 32.1. The van der Waals surface area contributed by atoms with Gasteiger partial charge >= 0.3 is 16.5 Å². The third kappa shape index (κ3) is 8.37. The van der Waals surface area contributed by atoms with Crippen LogP contribution in [0, 0.1) is 41.5 Å². The molecule has 1 aliphatic rings. The van der Waals surface area contributed by atoms with Gasteiger partial charge < -0.3 is 10.2 Å². The smallest absolute Gasteiger partial charge is 0.873 e. The van der Waals surface area contributed by atoms with Crippen LogP contribution in [0.25, 0.3) is 11.1 Å². The molecule has 0 amide bonds. The molecule has 0 atom stereocenters. The number of aliphatic imine (C=N–C) groups is 2. The molecule has 0 heterocycles. The zero-order chi connectivity index (χ0) is 36.7. The van der Waals surface area contributed by atoms with E-state index in [1.807, 2.05) is 47.6 Å². The molecule has 0 spiro atoms. The van der Waals surface area contributed by atoms with Crippen LogP contribution in [0.3, 0.4) is 0 Å². The standard InChI is InChI=1S/C32H30N2.C14H22O2.Ni/c1-19-15-21(3)29(22(4)16-19)33-31-27-13-9-7-11-25(27)26-12-8-10-14-28(26)32(31)34-30-23(5)17-20(2)18-24(30)6;1-13(2,3)9-7-10(14(4,5)6)12(16)11(15)8-9;/h7-18H,1-6H3;7-8,15-16H,1-6H3;/q;;+2/p-2. The van der Waals surface area contributed by atoms with Crippen molar-refractivity contribution in [3.05, 3.63) is 141 Å². The monoisotopic (exact) mass is 720 g/mol. The summed E-state index contributed by atoms with van der Waals surface area (Å²) in [5.41, 5.74) is 17.0. The molecular formula is C46H50N2NiO2. The number of aryl methyl sites for hydroxylation is 6. The summed E-state index contributed by atoms with van der Waals surface area (Å²) in [5, 5.41) is 23.4. The van der Waals surface area contributed by atoms with Gasteiger partial charge in [-0.05, 0) is 91.3 Å². The number of hydrogen-bond donors (Lipinski definition) is 0. The molecule has 5 aromatic rings. The fourth-order valence-corrected chi connectivity index (χ4v) is 6.84. The summed E-state index contributed by atoms with van der Waals surface area (Å²) in [4.78, 5) is 10.7. The van der Waals surface area contributed by atoms with Crippen molar-refractivity contribution in [2.75, 3.05) is 0 Å². The molecule has 5 heteroatoms. The van der Waals surface area contributed by atoms with Gasteiger partial charge in [0.1, 0.15) is 0 Å². The summed E-state index contributed by atoms with van der Waals surface area (Å²) in [6, 6.07) is 29.3. The Balaban J connectivity index is 0.000000291. The molecule has 4 nitrogen and oxygen atoms in total. The quantitative estimate of drug-likeness (QED) is 0.170. The minimum absolute atomic E-state index is 0. The van der Waals surface area contributed by atoms with Crippen LogP contribution < -0.4 is 10.2 Å². The molecule has 5 aromatic carbocycles. The predicted molar refractivity (Wildman–Crippen MR) is 208 cm³/mol. The maximum atomic E-state index is 11.8. The van der Waals surface area contributed by atoms with Crippen LogP contribution in [0.4, 0.5) is 11.4 Å². The summed E-state index contributed by atoms with van der Waals surface area (Å²) < 4.78 is 0. The molecule has 0 radical (unpaired) electrons. The van der Waals surface area contributed by atoms with E-state index in [2.05, 4.69) is 114 Å². The van der Waals surface area contributed by atoms with Crippen molar-refractivity contribution in [2.45, 2.75) is 93.9 Å². The van der Waals surface area contributed by atoms with Gasteiger partial charge in [0.15, 0.2) is 0 Å². The molecule has 266 valence electrons. The van der Waals surface area contributed by atoms with Gasteiger partial charge in [-0.2, -0.15) is 0 Å². The Morgan fingerprint density at radius 3 is 1.16 bits per heavy atom. The van der Waals surface area contributed by atoms with Gasteiger partial charge in [-0.15, -0.1) is 11.5 Å². The van der Waals surface area contributed by atoms with Crippen molar-refractivity contribution in [1.82, 2.24) is 0 Å². The Morgan fingerprint density at radius 1 is 0.471 bits per heavy atom. The van der Waals surface area contributed by atoms with E-state index in [0.29, 0.717) is 5.56 Å². The summed E-state index contributed by atoms with van der Waals surface area (Å²) in [5.74, 6) is -0.752. The first-order chi connectivity index (χ1) is 23.4. The maximum Gasteiger partial charge on any atom is 2.00 e. The number of fused-ring (bicyclic) bond motifs is 3. The largest absolute Gasteiger partial charge is 2.00 e. The van der Waals surface area contributed by atoms with Crippen molar-refractivity contribution in [2.24, 2.45) is 9.98 Å². The molecule has 0 N–H and O–H groups in total. The SMILES string of the molecule is CC(C)(C)c1cc([O-])c([O-])c(C(C)(C)C)c1.Cc1cc(C)c(N=C2C(=Nc3c(C)cc(C)cc3C)c3ccccc3-c3ccccc32)c(C)c1.[Ni+2]. The molecule has 0 bridgehead atoms.